The summed E-state index contributed by atoms with van der Waals surface area (Å²) in [5.41, 5.74) is 0.940. The summed E-state index contributed by atoms with van der Waals surface area (Å²) in [4.78, 5) is 19.2. The van der Waals surface area contributed by atoms with E-state index < -0.39 is 5.97 Å². The van der Waals surface area contributed by atoms with Crippen molar-refractivity contribution >= 4 is 29.0 Å². The fourth-order valence-electron chi connectivity index (χ4n) is 0.838. The molecular weight excluding hydrogens is 248 g/mol. The zero-order chi connectivity index (χ0) is 9.52. The minimum absolute atomic E-state index is 0. The number of benzene rings is 1. The van der Waals surface area contributed by atoms with Crippen LogP contribution in [0.4, 0.5) is 0 Å². The number of hydrogen-bond acceptors (Lipinski definition) is 3. The van der Waals surface area contributed by atoms with Crippen LogP contribution < -0.4 is 0 Å². The third-order valence-corrected chi connectivity index (χ3v) is 1.38. The molecule has 0 heterocycles. The van der Waals surface area contributed by atoms with Gasteiger partial charge in [0.15, 0.2) is 0 Å². The van der Waals surface area contributed by atoms with Crippen LogP contribution in [-0.2, 0) is 14.6 Å². The molecule has 4 heteroatoms. The molecule has 1 aromatic carbocycles. The van der Waals surface area contributed by atoms with Crippen molar-refractivity contribution in [1.82, 2.24) is 0 Å². The Labute approximate surface area is 93.0 Å². The Bertz CT molecular complexity index is 295. The quantitative estimate of drug-likeness (QED) is 0.475. The summed E-state index contributed by atoms with van der Waals surface area (Å²) >= 11 is 0. The molecule has 0 bridgehead atoms. The summed E-state index contributed by atoms with van der Waals surface area (Å²) in [7, 11) is 1.29. The van der Waals surface area contributed by atoms with Crippen molar-refractivity contribution in [2.24, 2.45) is 0 Å². The molecule has 0 atom stereocenters. The minimum Gasteiger partial charge on any atom is -0.294 e. The number of carbonyl (C=O) groups excluding carboxylic acids is 1. The van der Waals surface area contributed by atoms with Gasteiger partial charge in [-0.2, -0.15) is 4.89 Å². The lowest BCUT2D eigenvalue weighted by molar-refractivity contribution is -0.249. The molecular formula is C10H11BrO3. The fourth-order valence-corrected chi connectivity index (χ4v) is 0.838. The second-order valence-corrected chi connectivity index (χ2v) is 2.31. The van der Waals surface area contributed by atoms with Gasteiger partial charge in [-0.1, -0.05) is 30.3 Å². The highest BCUT2D eigenvalue weighted by Crippen LogP contribution is 2.00. The lowest BCUT2D eigenvalue weighted by Gasteiger charge is -1.93. The topological polar surface area (TPSA) is 35.5 Å². The van der Waals surface area contributed by atoms with Crippen molar-refractivity contribution in [3.05, 3.63) is 42.0 Å². The molecule has 0 fully saturated rings. The zero-order valence-electron chi connectivity index (χ0n) is 7.67. The smallest absolute Gasteiger partial charge is 0.294 e. The van der Waals surface area contributed by atoms with E-state index in [9.17, 15) is 4.79 Å². The average molecular weight is 259 g/mol. The Hall–Kier alpha value is -1.13. The van der Waals surface area contributed by atoms with E-state index in [-0.39, 0.29) is 17.0 Å². The zero-order valence-corrected chi connectivity index (χ0v) is 9.39. The normalized spacial score (nSPS) is 9.50. The highest BCUT2D eigenvalue weighted by Gasteiger charge is 1.94. The van der Waals surface area contributed by atoms with Crippen molar-refractivity contribution in [3.63, 3.8) is 0 Å². The molecule has 0 saturated heterocycles. The van der Waals surface area contributed by atoms with Gasteiger partial charge >= 0.3 is 5.97 Å². The highest BCUT2D eigenvalue weighted by atomic mass is 79.9. The van der Waals surface area contributed by atoms with Crippen LogP contribution in [0.25, 0.3) is 6.08 Å². The van der Waals surface area contributed by atoms with E-state index in [0.29, 0.717) is 0 Å². The molecule has 3 nitrogen and oxygen atoms in total. The van der Waals surface area contributed by atoms with E-state index in [1.165, 1.54) is 13.2 Å². The van der Waals surface area contributed by atoms with Gasteiger partial charge in [0.1, 0.15) is 0 Å². The first-order valence-electron chi connectivity index (χ1n) is 3.80. The summed E-state index contributed by atoms with van der Waals surface area (Å²) in [6.07, 6.45) is 2.96. The van der Waals surface area contributed by atoms with Crippen LogP contribution in [0.1, 0.15) is 5.56 Å². The maximum Gasteiger partial charge on any atom is 0.365 e. The van der Waals surface area contributed by atoms with Gasteiger partial charge in [0, 0.05) is 6.08 Å². The molecule has 1 rings (SSSR count). The Morgan fingerprint density at radius 3 is 2.50 bits per heavy atom. The fraction of sp³-hybridized carbons (Fsp3) is 0.100. The first-order valence-corrected chi connectivity index (χ1v) is 3.80. The molecule has 0 saturated carbocycles. The van der Waals surface area contributed by atoms with Gasteiger partial charge in [0.25, 0.3) is 0 Å². The molecule has 0 aromatic heterocycles. The predicted molar refractivity (Wildman–Crippen MR) is 58.9 cm³/mol. The predicted octanol–water partition coefficient (Wildman–Crippen LogP) is 2.38. The van der Waals surface area contributed by atoms with E-state index in [1.54, 1.807) is 6.08 Å². The summed E-state index contributed by atoms with van der Waals surface area (Å²) in [5.74, 6) is -0.522. The Kier molecular flexibility index (Phi) is 6.70. The number of halogens is 1. The third-order valence-electron chi connectivity index (χ3n) is 1.38. The van der Waals surface area contributed by atoms with Gasteiger partial charge in [-0.3, -0.25) is 4.89 Å². The summed E-state index contributed by atoms with van der Waals surface area (Å²) in [5, 5.41) is 0. The molecule has 0 aliphatic heterocycles. The van der Waals surface area contributed by atoms with Crippen molar-refractivity contribution in [3.8, 4) is 0 Å². The van der Waals surface area contributed by atoms with Crippen molar-refractivity contribution < 1.29 is 14.6 Å². The molecule has 0 unspecified atom stereocenters. The molecule has 76 valence electrons. The average Bonchev–Trinajstić information content (AvgIpc) is 2.17. The SMILES string of the molecule is Br.COOC(=O)C=Cc1ccccc1. The standard InChI is InChI=1S/C10H10O3.BrH/c1-12-13-10(11)8-7-9-5-3-2-4-6-9;/h2-8H,1H3;1H. The highest BCUT2D eigenvalue weighted by molar-refractivity contribution is 8.93. The first-order chi connectivity index (χ1) is 6.33. The molecule has 0 aliphatic carbocycles. The van der Waals surface area contributed by atoms with Crippen molar-refractivity contribution in [1.29, 1.82) is 0 Å². The van der Waals surface area contributed by atoms with Crippen LogP contribution in [-0.4, -0.2) is 13.1 Å². The molecule has 14 heavy (non-hydrogen) atoms. The lowest BCUT2D eigenvalue weighted by atomic mass is 10.2. The third kappa shape index (κ3) is 4.79. The summed E-state index contributed by atoms with van der Waals surface area (Å²) < 4.78 is 0. The van der Waals surface area contributed by atoms with Gasteiger partial charge in [-0.25, -0.2) is 4.79 Å². The molecule has 0 radical (unpaired) electrons. The van der Waals surface area contributed by atoms with E-state index in [1.807, 2.05) is 30.3 Å². The second-order valence-electron chi connectivity index (χ2n) is 2.31. The largest absolute Gasteiger partial charge is 0.365 e. The van der Waals surface area contributed by atoms with E-state index in [4.69, 9.17) is 0 Å². The number of hydrogen-bond donors (Lipinski definition) is 0. The van der Waals surface area contributed by atoms with Gasteiger partial charge in [0.05, 0.1) is 7.11 Å². The van der Waals surface area contributed by atoms with Crippen LogP contribution in [0.15, 0.2) is 36.4 Å². The minimum atomic E-state index is -0.522. The van der Waals surface area contributed by atoms with E-state index >= 15 is 0 Å². The second kappa shape index (κ2) is 7.29. The molecule has 0 spiro atoms. The van der Waals surface area contributed by atoms with Crippen LogP contribution in [0.3, 0.4) is 0 Å². The van der Waals surface area contributed by atoms with Gasteiger partial charge in [-0.15, -0.1) is 17.0 Å². The Balaban J connectivity index is 0.00000169. The maximum absolute atomic E-state index is 10.8. The molecule has 1 aromatic rings. The summed E-state index contributed by atoms with van der Waals surface area (Å²) in [6, 6.07) is 9.46. The van der Waals surface area contributed by atoms with Gasteiger partial charge in [0.2, 0.25) is 0 Å². The summed E-state index contributed by atoms with van der Waals surface area (Å²) in [6.45, 7) is 0. The Morgan fingerprint density at radius 1 is 1.29 bits per heavy atom. The lowest BCUT2D eigenvalue weighted by Crippen LogP contribution is -1.97. The van der Waals surface area contributed by atoms with Crippen LogP contribution in [0.5, 0.6) is 0 Å². The molecule has 0 amide bonds. The maximum atomic E-state index is 10.8. The van der Waals surface area contributed by atoms with Crippen molar-refractivity contribution in [2.75, 3.05) is 7.11 Å². The van der Waals surface area contributed by atoms with Crippen molar-refractivity contribution in [2.45, 2.75) is 0 Å². The molecule has 0 N–H and O–H groups in total. The van der Waals surface area contributed by atoms with E-state index in [2.05, 4.69) is 9.78 Å². The molecule has 0 aliphatic rings. The first kappa shape index (κ1) is 12.9. The monoisotopic (exact) mass is 258 g/mol. The van der Waals surface area contributed by atoms with Gasteiger partial charge < -0.3 is 0 Å². The van der Waals surface area contributed by atoms with Gasteiger partial charge in [-0.05, 0) is 11.6 Å². The number of carbonyl (C=O) groups is 1. The van der Waals surface area contributed by atoms with Crippen LogP contribution in [0, 0.1) is 0 Å². The number of rotatable bonds is 3. The Morgan fingerprint density at radius 2 is 1.93 bits per heavy atom. The van der Waals surface area contributed by atoms with Crippen LogP contribution in [0.2, 0.25) is 0 Å². The van der Waals surface area contributed by atoms with E-state index in [0.717, 1.165) is 5.56 Å². The van der Waals surface area contributed by atoms with Crippen LogP contribution >= 0.6 is 17.0 Å².